The zero-order valence-electron chi connectivity index (χ0n) is 14.3. The molecule has 1 aromatic heterocycles. The Hall–Kier alpha value is -1.75. The molecule has 1 amide bonds. The zero-order valence-corrected chi connectivity index (χ0v) is 15.1. The third kappa shape index (κ3) is 4.61. The summed E-state index contributed by atoms with van der Waals surface area (Å²) in [6.07, 6.45) is 0.840. The minimum absolute atomic E-state index is 0.0587. The van der Waals surface area contributed by atoms with Gasteiger partial charge in [-0.25, -0.2) is 0 Å². The Morgan fingerprint density at radius 3 is 2.57 bits per heavy atom. The lowest BCUT2D eigenvalue weighted by atomic mass is 10.2. The van der Waals surface area contributed by atoms with Crippen LogP contribution < -0.4 is 0 Å². The highest BCUT2D eigenvalue weighted by Gasteiger charge is 2.22. The molecule has 0 fully saturated rings. The van der Waals surface area contributed by atoms with E-state index in [2.05, 4.69) is 31.1 Å². The second-order valence-corrected chi connectivity index (χ2v) is 6.92. The normalized spacial score (nSPS) is 11.0. The lowest BCUT2D eigenvalue weighted by Crippen LogP contribution is -2.39. The summed E-state index contributed by atoms with van der Waals surface area (Å²) >= 11 is 1.78. The maximum Gasteiger partial charge on any atom is 0.272 e. The van der Waals surface area contributed by atoms with E-state index in [0.717, 1.165) is 24.4 Å². The van der Waals surface area contributed by atoms with E-state index in [1.807, 2.05) is 43.1 Å². The smallest absolute Gasteiger partial charge is 0.272 e. The molecule has 4 nitrogen and oxygen atoms in total. The van der Waals surface area contributed by atoms with Crippen LogP contribution in [0.25, 0.3) is 0 Å². The van der Waals surface area contributed by atoms with Crippen LogP contribution in [-0.2, 0) is 13.5 Å². The summed E-state index contributed by atoms with van der Waals surface area (Å²) in [6, 6.07) is 12.4. The van der Waals surface area contributed by atoms with Crippen LogP contribution in [0.5, 0.6) is 0 Å². The SMILES string of the molecule is CCc1cc(C(=O)N(CCSc2ccccc2)C(C)C)n(C)n1. The second kappa shape index (κ2) is 8.20. The van der Waals surface area contributed by atoms with E-state index in [4.69, 9.17) is 0 Å². The molecule has 0 saturated heterocycles. The van der Waals surface area contributed by atoms with Crippen LogP contribution in [0.2, 0.25) is 0 Å². The van der Waals surface area contributed by atoms with Gasteiger partial charge in [0.2, 0.25) is 0 Å². The molecule has 0 spiro atoms. The van der Waals surface area contributed by atoms with Crippen LogP contribution in [0.3, 0.4) is 0 Å². The van der Waals surface area contributed by atoms with Crippen molar-refractivity contribution in [3.8, 4) is 0 Å². The molecule has 5 heteroatoms. The third-order valence-electron chi connectivity index (χ3n) is 3.74. The average molecular weight is 331 g/mol. The van der Waals surface area contributed by atoms with Gasteiger partial charge in [0.05, 0.1) is 5.69 Å². The molecule has 0 aliphatic carbocycles. The fourth-order valence-electron chi connectivity index (χ4n) is 2.42. The van der Waals surface area contributed by atoms with Crippen molar-refractivity contribution in [2.24, 2.45) is 7.05 Å². The first-order chi connectivity index (χ1) is 11.0. The van der Waals surface area contributed by atoms with Crippen molar-refractivity contribution in [1.82, 2.24) is 14.7 Å². The molecule has 1 heterocycles. The summed E-state index contributed by atoms with van der Waals surface area (Å²) in [7, 11) is 1.84. The summed E-state index contributed by atoms with van der Waals surface area (Å²) in [5.74, 6) is 0.940. The topological polar surface area (TPSA) is 38.1 Å². The molecule has 0 saturated carbocycles. The highest BCUT2D eigenvalue weighted by atomic mass is 32.2. The molecule has 0 aliphatic rings. The van der Waals surface area contributed by atoms with Gasteiger partial charge in [-0.1, -0.05) is 25.1 Å². The van der Waals surface area contributed by atoms with Gasteiger partial charge in [-0.15, -0.1) is 11.8 Å². The Morgan fingerprint density at radius 2 is 2.00 bits per heavy atom. The van der Waals surface area contributed by atoms with E-state index < -0.39 is 0 Å². The van der Waals surface area contributed by atoms with Gasteiger partial charge in [0.15, 0.2) is 0 Å². The van der Waals surface area contributed by atoms with E-state index >= 15 is 0 Å². The molecule has 2 aromatic rings. The molecule has 23 heavy (non-hydrogen) atoms. The van der Waals surface area contributed by atoms with Crippen molar-refractivity contribution in [2.45, 2.75) is 38.1 Å². The van der Waals surface area contributed by atoms with Gasteiger partial charge in [0.25, 0.3) is 5.91 Å². The Bertz CT molecular complexity index is 637. The maximum atomic E-state index is 12.8. The van der Waals surface area contributed by atoms with Crippen molar-refractivity contribution in [3.05, 3.63) is 47.8 Å². The number of aryl methyl sites for hydroxylation is 2. The van der Waals surface area contributed by atoms with Crippen molar-refractivity contribution >= 4 is 17.7 Å². The standard InChI is InChI=1S/C18H25N3OS/c1-5-15-13-17(20(4)19-15)18(22)21(14(2)3)11-12-23-16-9-7-6-8-10-16/h6-10,13-14H,5,11-12H2,1-4H3. The minimum atomic E-state index is 0.0587. The van der Waals surface area contributed by atoms with Crippen LogP contribution in [0.15, 0.2) is 41.3 Å². The number of thioether (sulfide) groups is 1. The summed E-state index contributed by atoms with van der Waals surface area (Å²) in [5, 5.41) is 4.38. The van der Waals surface area contributed by atoms with Gasteiger partial charge < -0.3 is 4.90 Å². The van der Waals surface area contributed by atoms with Crippen LogP contribution in [0.1, 0.15) is 37.0 Å². The first-order valence-corrected chi connectivity index (χ1v) is 9.03. The molecule has 1 aromatic carbocycles. The molecule has 0 atom stereocenters. The second-order valence-electron chi connectivity index (χ2n) is 5.75. The predicted molar refractivity (Wildman–Crippen MR) is 95.9 cm³/mol. The number of carbonyl (C=O) groups is 1. The van der Waals surface area contributed by atoms with Crippen molar-refractivity contribution in [1.29, 1.82) is 0 Å². The molecule has 0 N–H and O–H groups in total. The van der Waals surface area contributed by atoms with Crippen molar-refractivity contribution < 1.29 is 4.79 Å². The lowest BCUT2D eigenvalue weighted by molar-refractivity contribution is 0.0707. The number of rotatable bonds is 7. The van der Waals surface area contributed by atoms with E-state index in [-0.39, 0.29) is 11.9 Å². The highest BCUT2D eigenvalue weighted by molar-refractivity contribution is 7.99. The van der Waals surface area contributed by atoms with Crippen LogP contribution in [0, 0.1) is 0 Å². The maximum absolute atomic E-state index is 12.8. The molecule has 0 unspecified atom stereocenters. The molecule has 0 bridgehead atoms. The molecule has 2 rings (SSSR count). The van der Waals surface area contributed by atoms with Gasteiger partial charge in [0, 0.05) is 30.3 Å². The summed E-state index contributed by atoms with van der Waals surface area (Å²) in [4.78, 5) is 16.0. The third-order valence-corrected chi connectivity index (χ3v) is 4.73. The number of carbonyl (C=O) groups excluding carboxylic acids is 1. The number of hydrogen-bond donors (Lipinski definition) is 0. The van der Waals surface area contributed by atoms with E-state index in [9.17, 15) is 4.79 Å². The number of hydrogen-bond acceptors (Lipinski definition) is 3. The minimum Gasteiger partial charge on any atom is -0.334 e. The largest absolute Gasteiger partial charge is 0.334 e. The average Bonchev–Trinajstić information content (AvgIpc) is 2.93. The Kier molecular flexibility index (Phi) is 6.28. The van der Waals surface area contributed by atoms with Crippen molar-refractivity contribution in [3.63, 3.8) is 0 Å². The molecular formula is C18H25N3OS. The Balaban J connectivity index is 2.02. The first kappa shape index (κ1) is 17.6. The Labute approximate surface area is 142 Å². The fraction of sp³-hybridized carbons (Fsp3) is 0.444. The van der Waals surface area contributed by atoms with Gasteiger partial charge >= 0.3 is 0 Å². The van der Waals surface area contributed by atoms with E-state index in [0.29, 0.717) is 5.69 Å². The zero-order chi connectivity index (χ0) is 16.8. The quantitative estimate of drug-likeness (QED) is 0.727. The molecular weight excluding hydrogens is 306 g/mol. The summed E-state index contributed by atoms with van der Waals surface area (Å²) in [5.41, 5.74) is 1.62. The highest BCUT2D eigenvalue weighted by Crippen LogP contribution is 2.18. The van der Waals surface area contributed by atoms with Crippen LogP contribution >= 0.6 is 11.8 Å². The number of aromatic nitrogens is 2. The van der Waals surface area contributed by atoms with Crippen molar-refractivity contribution in [2.75, 3.05) is 12.3 Å². The van der Waals surface area contributed by atoms with Crippen LogP contribution in [-0.4, -0.2) is 38.9 Å². The fourth-order valence-corrected chi connectivity index (χ4v) is 3.29. The molecule has 0 radical (unpaired) electrons. The molecule has 0 aliphatic heterocycles. The first-order valence-electron chi connectivity index (χ1n) is 8.04. The van der Waals surface area contributed by atoms with Gasteiger partial charge in [0.1, 0.15) is 5.69 Å². The lowest BCUT2D eigenvalue weighted by Gasteiger charge is -2.26. The predicted octanol–water partition coefficient (Wildman–Crippen LogP) is 3.63. The van der Waals surface area contributed by atoms with Gasteiger partial charge in [-0.3, -0.25) is 9.48 Å². The number of amides is 1. The number of benzene rings is 1. The summed E-state index contributed by atoms with van der Waals surface area (Å²) in [6.45, 7) is 6.89. The van der Waals surface area contributed by atoms with Gasteiger partial charge in [-0.2, -0.15) is 5.10 Å². The molecule has 124 valence electrons. The van der Waals surface area contributed by atoms with E-state index in [1.165, 1.54) is 4.90 Å². The monoisotopic (exact) mass is 331 g/mol. The number of nitrogens with zero attached hydrogens (tertiary/aromatic N) is 3. The van der Waals surface area contributed by atoms with Gasteiger partial charge in [-0.05, 0) is 38.5 Å². The van der Waals surface area contributed by atoms with E-state index in [1.54, 1.807) is 16.4 Å². The summed E-state index contributed by atoms with van der Waals surface area (Å²) < 4.78 is 1.70. The Morgan fingerprint density at radius 1 is 1.30 bits per heavy atom. The van der Waals surface area contributed by atoms with Crippen LogP contribution in [0.4, 0.5) is 0 Å².